The average molecular weight is 347 g/mol. The van der Waals surface area contributed by atoms with Crippen LogP contribution in [0.5, 0.6) is 0 Å². The fraction of sp³-hybridized carbons (Fsp3) is 0.316. The Kier molecular flexibility index (Phi) is 4.68. The molecule has 3 aromatic heterocycles. The molecule has 0 radical (unpaired) electrons. The first-order valence-electron chi connectivity index (χ1n) is 8.82. The summed E-state index contributed by atoms with van der Waals surface area (Å²) >= 11 is 0. The second kappa shape index (κ2) is 7.43. The maximum absolute atomic E-state index is 4.77. The Bertz CT molecular complexity index is 869. The molecule has 1 saturated heterocycles. The van der Waals surface area contributed by atoms with Gasteiger partial charge >= 0.3 is 0 Å². The number of nitrogens with zero attached hydrogens (tertiary/aromatic N) is 6. The van der Waals surface area contributed by atoms with Crippen LogP contribution in [-0.2, 0) is 0 Å². The first-order valence-corrected chi connectivity index (χ1v) is 8.82. The lowest BCUT2D eigenvalue weighted by Gasteiger charge is -2.32. The standard InChI is InChI=1S/C19H21N7/c1-14-5-2-7-17(23-14)25-18-12-20-11-16(24-18)15-6-3-10-26(13-15)19-21-8-4-9-22-19/h2,4-5,7-9,11-12,15H,3,6,10,13H2,1H3,(H,23,24,25)/t15-/m1/s1. The van der Waals surface area contributed by atoms with Crippen molar-refractivity contribution in [2.45, 2.75) is 25.7 Å². The van der Waals surface area contributed by atoms with E-state index in [9.17, 15) is 0 Å². The first kappa shape index (κ1) is 16.4. The zero-order chi connectivity index (χ0) is 17.8. The Morgan fingerprint density at radius 2 is 1.92 bits per heavy atom. The minimum Gasteiger partial charge on any atom is -0.340 e. The van der Waals surface area contributed by atoms with Crippen molar-refractivity contribution in [3.05, 3.63) is 60.4 Å². The number of piperidine rings is 1. The molecule has 7 heteroatoms. The van der Waals surface area contributed by atoms with Gasteiger partial charge in [-0.1, -0.05) is 6.07 Å². The maximum atomic E-state index is 4.77. The number of aromatic nitrogens is 5. The van der Waals surface area contributed by atoms with Gasteiger partial charge in [-0.25, -0.2) is 19.9 Å². The van der Waals surface area contributed by atoms with Crippen molar-refractivity contribution >= 4 is 17.6 Å². The van der Waals surface area contributed by atoms with E-state index in [-0.39, 0.29) is 0 Å². The molecule has 1 fully saturated rings. The summed E-state index contributed by atoms with van der Waals surface area (Å²) in [6.07, 6.45) is 9.32. The van der Waals surface area contributed by atoms with Crippen molar-refractivity contribution in [2.24, 2.45) is 0 Å². The topological polar surface area (TPSA) is 79.7 Å². The highest BCUT2D eigenvalue weighted by Gasteiger charge is 2.24. The average Bonchev–Trinajstić information content (AvgIpc) is 2.69. The Morgan fingerprint density at radius 1 is 1.04 bits per heavy atom. The molecule has 1 N–H and O–H groups in total. The highest BCUT2D eigenvalue weighted by atomic mass is 15.3. The molecular weight excluding hydrogens is 326 g/mol. The summed E-state index contributed by atoms with van der Waals surface area (Å²) in [5.41, 5.74) is 1.95. The summed E-state index contributed by atoms with van der Waals surface area (Å²) in [6.45, 7) is 3.79. The van der Waals surface area contributed by atoms with Gasteiger partial charge in [0.15, 0.2) is 0 Å². The van der Waals surface area contributed by atoms with Crippen molar-refractivity contribution < 1.29 is 0 Å². The number of pyridine rings is 1. The van der Waals surface area contributed by atoms with Crippen LogP contribution in [0.25, 0.3) is 0 Å². The van der Waals surface area contributed by atoms with Gasteiger partial charge in [0.2, 0.25) is 5.95 Å². The van der Waals surface area contributed by atoms with Gasteiger partial charge in [0.25, 0.3) is 0 Å². The van der Waals surface area contributed by atoms with Crippen LogP contribution >= 0.6 is 0 Å². The van der Waals surface area contributed by atoms with Crippen LogP contribution in [0.2, 0.25) is 0 Å². The molecule has 1 atom stereocenters. The summed E-state index contributed by atoms with van der Waals surface area (Å²) in [7, 11) is 0. The molecule has 0 amide bonds. The second-order valence-corrected chi connectivity index (χ2v) is 6.45. The number of aryl methyl sites for hydroxylation is 1. The van der Waals surface area contributed by atoms with Crippen LogP contribution in [0.1, 0.15) is 30.1 Å². The molecule has 26 heavy (non-hydrogen) atoms. The first-order chi connectivity index (χ1) is 12.8. The third-order valence-electron chi connectivity index (χ3n) is 4.47. The van der Waals surface area contributed by atoms with E-state index in [1.54, 1.807) is 18.6 Å². The second-order valence-electron chi connectivity index (χ2n) is 6.45. The number of hydrogen-bond donors (Lipinski definition) is 1. The van der Waals surface area contributed by atoms with E-state index in [4.69, 9.17) is 4.98 Å². The van der Waals surface area contributed by atoms with Crippen LogP contribution in [0.4, 0.5) is 17.6 Å². The quantitative estimate of drug-likeness (QED) is 0.777. The Morgan fingerprint density at radius 3 is 2.77 bits per heavy atom. The van der Waals surface area contributed by atoms with Crippen molar-refractivity contribution in [1.82, 2.24) is 24.9 Å². The van der Waals surface area contributed by atoms with Gasteiger partial charge in [-0.2, -0.15) is 0 Å². The predicted octanol–water partition coefficient (Wildman–Crippen LogP) is 3.10. The van der Waals surface area contributed by atoms with Crippen LogP contribution in [0.15, 0.2) is 49.1 Å². The van der Waals surface area contributed by atoms with Gasteiger partial charge in [0, 0.05) is 43.3 Å². The molecule has 0 aromatic carbocycles. The van der Waals surface area contributed by atoms with E-state index in [2.05, 4.69) is 30.2 Å². The zero-order valence-corrected chi connectivity index (χ0v) is 14.7. The molecule has 0 unspecified atom stereocenters. The van der Waals surface area contributed by atoms with Crippen LogP contribution in [0.3, 0.4) is 0 Å². The van der Waals surface area contributed by atoms with E-state index in [0.717, 1.165) is 49.1 Å². The number of nitrogens with one attached hydrogen (secondary N) is 1. The minimum atomic E-state index is 0.312. The van der Waals surface area contributed by atoms with Crippen LogP contribution < -0.4 is 10.2 Å². The predicted molar refractivity (Wildman–Crippen MR) is 101 cm³/mol. The Balaban J connectivity index is 1.50. The number of rotatable bonds is 4. The lowest BCUT2D eigenvalue weighted by molar-refractivity contribution is 0.494. The number of hydrogen-bond acceptors (Lipinski definition) is 7. The molecule has 4 heterocycles. The monoisotopic (exact) mass is 347 g/mol. The fourth-order valence-electron chi connectivity index (χ4n) is 3.24. The van der Waals surface area contributed by atoms with Gasteiger partial charge in [-0.05, 0) is 38.0 Å². The third-order valence-corrected chi connectivity index (χ3v) is 4.47. The third kappa shape index (κ3) is 3.77. The molecule has 0 bridgehead atoms. The van der Waals surface area contributed by atoms with Gasteiger partial charge in [-0.15, -0.1) is 0 Å². The normalized spacial score (nSPS) is 17.1. The lowest BCUT2D eigenvalue weighted by atomic mass is 9.95. The van der Waals surface area contributed by atoms with E-state index in [1.165, 1.54) is 0 Å². The Labute approximate surface area is 152 Å². The SMILES string of the molecule is Cc1cccc(Nc2cncc([C@@H]3CCCN(c4ncccn4)C3)n2)n1. The molecular formula is C19H21N7. The smallest absolute Gasteiger partial charge is 0.225 e. The molecule has 0 spiro atoms. The maximum Gasteiger partial charge on any atom is 0.225 e. The molecule has 1 aliphatic heterocycles. The molecule has 1 aliphatic rings. The highest BCUT2D eigenvalue weighted by Crippen LogP contribution is 2.27. The largest absolute Gasteiger partial charge is 0.340 e. The summed E-state index contributed by atoms with van der Waals surface area (Å²) in [6, 6.07) is 7.71. The Hall–Kier alpha value is -3.09. The summed E-state index contributed by atoms with van der Waals surface area (Å²) in [5.74, 6) is 2.59. The van der Waals surface area contributed by atoms with E-state index >= 15 is 0 Å². The fourth-order valence-corrected chi connectivity index (χ4v) is 3.24. The van der Waals surface area contributed by atoms with Crippen molar-refractivity contribution in [2.75, 3.05) is 23.3 Å². The van der Waals surface area contributed by atoms with Gasteiger partial charge < -0.3 is 10.2 Å². The van der Waals surface area contributed by atoms with E-state index in [0.29, 0.717) is 11.7 Å². The van der Waals surface area contributed by atoms with Gasteiger partial charge in [0.1, 0.15) is 11.6 Å². The lowest BCUT2D eigenvalue weighted by Crippen LogP contribution is -2.35. The molecule has 7 nitrogen and oxygen atoms in total. The summed E-state index contributed by atoms with van der Waals surface area (Å²) in [5, 5.41) is 3.24. The van der Waals surface area contributed by atoms with Gasteiger partial charge in [-0.3, -0.25) is 4.98 Å². The molecule has 0 aliphatic carbocycles. The molecule has 132 valence electrons. The van der Waals surface area contributed by atoms with Crippen molar-refractivity contribution in [3.8, 4) is 0 Å². The molecule has 3 aromatic rings. The summed E-state index contributed by atoms with van der Waals surface area (Å²) in [4.78, 5) is 24.6. The van der Waals surface area contributed by atoms with Crippen molar-refractivity contribution in [1.29, 1.82) is 0 Å². The van der Waals surface area contributed by atoms with E-state index < -0.39 is 0 Å². The van der Waals surface area contributed by atoms with E-state index in [1.807, 2.05) is 37.4 Å². The minimum absolute atomic E-state index is 0.312. The molecule has 4 rings (SSSR count). The highest BCUT2D eigenvalue weighted by molar-refractivity contribution is 5.50. The van der Waals surface area contributed by atoms with Gasteiger partial charge in [0.05, 0.1) is 11.9 Å². The summed E-state index contributed by atoms with van der Waals surface area (Å²) < 4.78 is 0. The molecule has 0 saturated carbocycles. The van der Waals surface area contributed by atoms with Crippen LogP contribution in [-0.4, -0.2) is 38.0 Å². The van der Waals surface area contributed by atoms with Crippen molar-refractivity contribution in [3.63, 3.8) is 0 Å². The van der Waals surface area contributed by atoms with Crippen LogP contribution in [0, 0.1) is 6.92 Å². The number of anilines is 3. The zero-order valence-electron chi connectivity index (χ0n) is 14.7.